The average molecular weight is 438 g/mol. The van der Waals surface area contributed by atoms with Gasteiger partial charge >= 0.3 is 0 Å². The highest BCUT2D eigenvalue weighted by atomic mass is 32.2. The van der Waals surface area contributed by atoms with E-state index in [9.17, 15) is 17.9 Å². The molecule has 158 valence electrons. The Balaban J connectivity index is 1.48. The molecular formula is C22H19FN4O3S. The number of aromatic hydroxyl groups is 1. The molecule has 7 nitrogen and oxygen atoms in total. The summed E-state index contributed by atoms with van der Waals surface area (Å²) < 4.78 is 40.3. The zero-order valence-electron chi connectivity index (χ0n) is 16.4. The van der Waals surface area contributed by atoms with Crippen LogP contribution in [0.25, 0.3) is 11.3 Å². The zero-order chi connectivity index (χ0) is 22.0. The number of halogens is 1. The number of nitrogens with zero attached hydrogens (tertiary/aromatic N) is 1. The third-order valence-corrected chi connectivity index (χ3v) is 6.02. The molecule has 0 saturated carbocycles. The Morgan fingerprint density at radius 3 is 2.35 bits per heavy atom. The van der Waals surface area contributed by atoms with Crippen molar-refractivity contribution >= 4 is 27.2 Å². The van der Waals surface area contributed by atoms with Crippen LogP contribution in [0.3, 0.4) is 0 Å². The van der Waals surface area contributed by atoms with Crippen LogP contribution in [-0.4, -0.2) is 23.7 Å². The fourth-order valence-electron chi connectivity index (χ4n) is 3.01. The quantitative estimate of drug-likeness (QED) is 0.324. The molecule has 0 saturated heterocycles. The highest BCUT2D eigenvalue weighted by molar-refractivity contribution is 7.92. The van der Waals surface area contributed by atoms with Gasteiger partial charge in [0, 0.05) is 17.4 Å². The second kappa shape index (κ2) is 8.11. The molecule has 0 spiro atoms. The van der Waals surface area contributed by atoms with Crippen molar-refractivity contribution in [2.45, 2.75) is 11.8 Å². The molecule has 4 N–H and O–H groups in total. The third-order valence-electron chi connectivity index (χ3n) is 4.62. The minimum Gasteiger partial charge on any atom is -0.508 e. The SMILES string of the molecule is Cc1cc(O)ccc1Nc1cc(-c2ccc(NS(=O)(=O)c3ccc(F)cc3)cc2)[nH]n1. The van der Waals surface area contributed by atoms with Crippen LogP contribution in [0.1, 0.15) is 5.56 Å². The van der Waals surface area contributed by atoms with Gasteiger partial charge in [-0.2, -0.15) is 5.10 Å². The van der Waals surface area contributed by atoms with Crippen molar-refractivity contribution in [2.24, 2.45) is 0 Å². The van der Waals surface area contributed by atoms with E-state index in [1.165, 1.54) is 12.1 Å². The summed E-state index contributed by atoms with van der Waals surface area (Å²) in [4.78, 5) is -0.0215. The number of sulfonamides is 1. The Morgan fingerprint density at radius 1 is 0.968 bits per heavy atom. The molecule has 4 rings (SSSR count). The standard InChI is InChI=1S/C22H19FN4O3S/c1-14-12-18(28)8-11-20(14)24-22-13-21(25-26-22)15-2-6-17(7-3-15)27-31(29,30)19-9-4-16(23)5-10-19/h2-13,27-28H,1H3,(H2,24,25,26). The second-order valence-corrected chi connectivity index (χ2v) is 8.61. The van der Waals surface area contributed by atoms with E-state index in [0.717, 1.165) is 34.6 Å². The predicted molar refractivity (Wildman–Crippen MR) is 117 cm³/mol. The number of aryl methyl sites for hydroxylation is 1. The third kappa shape index (κ3) is 4.67. The Morgan fingerprint density at radius 2 is 1.68 bits per heavy atom. The van der Waals surface area contributed by atoms with Gasteiger partial charge < -0.3 is 10.4 Å². The van der Waals surface area contributed by atoms with Crippen molar-refractivity contribution < 1.29 is 17.9 Å². The highest BCUT2D eigenvalue weighted by Gasteiger charge is 2.14. The maximum Gasteiger partial charge on any atom is 0.261 e. The molecule has 1 heterocycles. The molecule has 0 aliphatic heterocycles. The Labute approximate surface area is 178 Å². The minimum absolute atomic E-state index is 0.0215. The van der Waals surface area contributed by atoms with E-state index >= 15 is 0 Å². The van der Waals surface area contributed by atoms with E-state index in [0.29, 0.717) is 11.5 Å². The minimum atomic E-state index is -3.81. The summed E-state index contributed by atoms with van der Waals surface area (Å²) in [6, 6.07) is 18.2. The molecule has 3 aromatic carbocycles. The maximum absolute atomic E-state index is 13.0. The van der Waals surface area contributed by atoms with Gasteiger partial charge in [0.25, 0.3) is 10.0 Å². The lowest BCUT2D eigenvalue weighted by atomic mass is 10.1. The molecule has 0 bridgehead atoms. The molecule has 0 aliphatic carbocycles. The van der Waals surface area contributed by atoms with Gasteiger partial charge in [-0.1, -0.05) is 12.1 Å². The highest BCUT2D eigenvalue weighted by Crippen LogP contribution is 2.27. The lowest BCUT2D eigenvalue weighted by Gasteiger charge is -2.08. The number of hydrogen-bond acceptors (Lipinski definition) is 5. The first-order chi connectivity index (χ1) is 14.8. The van der Waals surface area contributed by atoms with Crippen molar-refractivity contribution in [1.82, 2.24) is 10.2 Å². The van der Waals surface area contributed by atoms with Gasteiger partial charge in [-0.15, -0.1) is 0 Å². The number of benzene rings is 3. The average Bonchev–Trinajstić information content (AvgIpc) is 3.19. The normalized spacial score (nSPS) is 11.3. The van der Waals surface area contributed by atoms with Gasteiger partial charge in [0.05, 0.1) is 10.6 Å². The maximum atomic E-state index is 13.0. The lowest BCUT2D eigenvalue weighted by Crippen LogP contribution is -2.12. The molecular weight excluding hydrogens is 419 g/mol. The largest absolute Gasteiger partial charge is 0.508 e. The number of H-pyrrole nitrogens is 1. The van der Waals surface area contributed by atoms with Crippen LogP contribution in [0.4, 0.5) is 21.6 Å². The number of hydrogen-bond donors (Lipinski definition) is 4. The smallest absolute Gasteiger partial charge is 0.261 e. The number of anilines is 3. The van der Waals surface area contributed by atoms with Gasteiger partial charge in [0.2, 0.25) is 0 Å². The van der Waals surface area contributed by atoms with E-state index in [4.69, 9.17) is 0 Å². The fourth-order valence-corrected chi connectivity index (χ4v) is 4.06. The number of phenols is 1. The van der Waals surface area contributed by atoms with Gasteiger partial charge in [-0.3, -0.25) is 9.82 Å². The van der Waals surface area contributed by atoms with Crippen molar-refractivity contribution in [1.29, 1.82) is 0 Å². The summed E-state index contributed by atoms with van der Waals surface area (Å²) >= 11 is 0. The zero-order valence-corrected chi connectivity index (χ0v) is 17.2. The topological polar surface area (TPSA) is 107 Å². The molecule has 0 amide bonds. The molecule has 0 atom stereocenters. The van der Waals surface area contributed by atoms with Crippen LogP contribution in [0, 0.1) is 12.7 Å². The van der Waals surface area contributed by atoms with Crippen LogP contribution in [-0.2, 0) is 10.0 Å². The Bertz CT molecular complexity index is 1320. The fraction of sp³-hybridized carbons (Fsp3) is 0.0455. The summed E-state index contributed by atoms with van der Waals surface area (Å²) in [6.07, 6.45) is 0. The molecule has 0 aliphatic rings. The van der Waals surface area contributed by atoms with Crippen molar-refractivity contribution in [3.05, 3.63) is 84.2 Å². The van der Waals surface area contributed by atoms with Crippen LogP contribution < -0.4 is 10.0 Å². The molecule has 1 aromatic heterocycles. The van der Waals surface area contributed by atoms with E-state index in [-0.39, 0.29) is 10.6 Å². The molecule has 0 radical (unpaired) electrons. The van der Waals surface area contributed by atoms with Gasteiger partial charge in [-0.25, -0.2) is 12.8 Å². The number of rotatable bonds is 6. The molecule has 0 unspecified atom stereocenters. The van der Waals surface area contributed by atoms with Crippen molar-refractivity contribution in [3.63, 3.8) is 0 Å². The lowest BCUT2D eigenvalue weighted by molar-refractivity contribution is 0.475. The first-order valence-corrected chi connectivity index (χ1v) is 10.8. The first kappa shape index (κ1) is 20.4. The number of aromatic nitrogens is 2. The molecule has 31 heavy (non-hydrogen) atoms. The first-order valence-electron chi connectivity index (χ1n) is 9.31. The van der Waals surface area contributed by atoms with Crippen LogP contribution in [0.15, 0.2) is 77.7 Å². The van der Waals surface area contributed by atoms with Crippen LogP contribution in [0.5, 0.6) is 5.75 Å². The van der Waals surface area contributed by atoms with Crippen molar-refractivity contribution in [3.8, 4) is 17.0 Å². The number of nitrogens with one attached hydrogen (secondary N) is 3. The van der Waals surface area contributed by atoms with Crippen LogP contribution in [0.2, 0.25) is 0 Å². The number of aromatic amines is 1. The van der Waals surface area contributed by atoms with E-state index < -0.39 is 15.8 Å². The second-order valence-electron chi connectivity index (χ2n) is 6.93. The predicted octanol–water partition coefficient (Wildman–Crippen LogP) is 4.77. The number of phenolic OH excluding ortho intramolecular Hbond substituents is 1. The van der Waals surface area contributed by atoms with E-state index in [1.807, 2.05) is 13.0 Å². The summed E-state index contributed by atoms with van der Waals surface area (Å²) in [6.45, 7) is 1.88. The summed E-state index contributed by atoms with van der Waals surface area (Å²) in [5.41, 5.74) is 3.63. The molecule has 9 heteroatoms. The Hall–Kier alpha value is -3.85. The van der Waals surface area contributed by atoms with Gasteiger partial charge in [-0.05, 0) is 72.6 Å². The molecule has 4 aromatic rings. The van der Waals surface area contributed by atoms with Gasteiger partial charge in [0.15, 0.2) is 5.82 Å². The molecule has 0 fully saturated rings. The van der Waals surface area contributed by atoms with Crippen molar-refractivity contribution in [2.75, 3.05) is 10.0 Å². The summed E-state index contributed by atoms with van der Waals surface area (Å²) in [5.74, 6) is 0.295. The van der Waals surface area contributed by atoms with Crippen LogP contribution >= 0.6 is 0 Å². The van der Waals surface area contributed by atoms with E-state index in [1.54, 1.807) is 42.5 Å². The van der Waals surface area contributed by atoms with Gasteiger partial charge in [0.1, 0.15) is 11.6 Å². The Kier molecular flexibility index (Phi) is 5.35. The summed E-state index contributed by atoms with van der Waals surface area (Å²) in [7, 11) is -3.81. The van der Waals surface area contributed by atoms with E-state index in [2.05, 4.69) is 20.2 Å². The monoisotopic (exact) mass is 438 g/mol. The summed E-state index contributed by atoms with van der Waals surface area (Å²) in [5, 5.41) is 19.9.